The summed E-state index contributed by atoms with van der Waals surface area (Å²) in [5, 5.41) is 5.10. The highest BCUT2D eigenvalue weighted by Gasteiger charge is 2.28. The van der Waals surface area contributed by atoms with Crippen molar-refractivity contribution in [1.82, 2.24) is 4.31 Å². The van der Waals surface area contributed by atoms with Crippen LogP contribution in [0, 0.1) is 5.92 Å². The quantitative estimate of drug-likeness (QED) is 0.840. The Balaban J connectivity index is 1.83. The van der Waals surface area contributed by atoms with Gasteiger partial charge < -0.3 is 0 Å². The first-order valence-corrected chi connectivity index (χ1v) is 8.00. The number of hydrogen-bond donors (Lipinski definition) is 1. The Morgan fingerprint density at radius 3 is 2.65 bits per heavy atom. The smallest absolute Gasteiger partial charge is 0.216 e. The first-order valence-electron chi connectivity index (χ1n) is 5.51. The highest BCUT2D eigenvalue weighted by atomic mass is 32.2. The van der Waals surface area contributed by atoms with Crippen LogP contribution in [-0.2, 0) is 10.2 Å². The summed E-state index contributed by atoms with van der Waals surface area (Å²) in [7, 11) is -3.49. The highest BCUT2D eigenvalue weighted by molar-refractivity contribution is 7.99. The van der Waals surface area contributed by atoms with E-state index in [2.05, 4.69) is 12.1 Å². The zero-order chi connectivity index (χ0) is 12.3. The third-order valence-electron chi connectivity index (χ3n) is 2.84. The summed E-state index contributed by atoms with van der Waals surface area (Å²) in [6.07, 6.45) is 0.899. The van der Waals surface area contributed by atoms with Crippen molar-refractivity contribution in [1.29, 1.82) is 0 Å². The van der Waals surface area contributed by atoms with Gasteiger partial charge in [-0.25, -0.2) is 5.14 Å². The minimum absolute atomic E-state index is 0.401. The molecule has 1 fully saturated rings. The molecule has 4 nitrogen and oxygen atoms in total. The maximum absolute atomic E-state index is 11.2. The van der Waals surface area contributed by atoms with Gasteiger partial charge in [0.05, 0.1) is 0 Å². The molecular formula is C11H16N2O2S2. The molecule has 0 aromatic heterocycles. The van der Waals surface area contributed by atoms with Gasteiger partial charge in [-0.2, -0.15) is 12.7 Å². The molecule has 2 rings (SSSR count). The molecule has 1 aromatic carbocycles. The summed E-state index contributed by atoms with van der Waals surface area (Å²) in [6, 6.07) is 10.1. The molecule has 0 saturated carbocycles. The number of nitrogens with zero attached hydrogens (tertiary/aromatic N) is 1. The second kappa shape index (κ2) is 5.39. The average molecular weight is 272 g/mol. The molecular weight excluding hydrogens is 256 g/mol. The van der Waals surface area contributed by atoms with E-state index in [0.29, 0.717) is 19.0 Å². The molecule has 2 N–H and O–H groups in total. The lowest BCUT2D eigenvalue weighted by molar-refractivity contribution is 0.467. The van der Waals surface area contributed by atoms with Crippen LogP contribution in [0.4, 0.5) is 0 Å². The lowest BCUT2D eigenvalue weighted by Crippen LogP contribution is -2.34. The second-order valence-corrected chi connectivity index (χ2v) is 6.82. The predicted octanol–water partition coefficient (Wildman–Crippen LogP) is 1.30. The second-order valence-electron chi connectivity index (χ2n) is 4.18. The molecule has 17 heavy (non-hydrogen) atoms. The van der Waals surface area contributed by atoms with E-state index in [1.165, 1.54) is 9.20 Å². The van der Waals surface area contributed by atoms with E-state index < -0.39 is 10.2 Å². The fourth-order valence-corrected chi connectivity index (χ4v) is 3.72. The van der Waals surface area contributed by atoms with Crippen molar-refractivity contribution >= 4 is 22.0 Å². The van der Waals surface area contributed by atoms with Gasteiger partial charge >= 0.3 is 0 Å². The largest absolute Gasteiger partial charge is 0.276 e. The molecule has 1 aliphatic rings. The molecule has 0 unspecified atom stereocenters. The molecule has 0 amide bonds. The summed E-state index contributed by atoms with van der Waals surface area (Å²) in [4.78, 5) is 1.22. The first kappa shape index (κ1) is 12.9. The zero-order valence-corrected chi connectivity index (χ0v) is 11.1. The van der Waals surface area contributed by atoms with Gasteiger partial charge in [0, 0.05) is 23.7 Å². The maximum atomic E-state index is 11.2. The number of thioether (sulfide) groups is 1. The minimum atomic E-state index is -3.49. The van der Waals surface area contributed by atoms with Crippen LogP contribution in [0.2, 0.25) is 0 Å². The average Bonchev–Trinajstić information content (AvgIpc) is 2.76. The molecule has 94 valence electrons. The van der Waals surface area contributed by atoms with Crippen LogP contribution in [-0.4, -0.2) is 31.6 Å². The molecule has 1 aromatic rings. The van der Waals surface area contributed by atoms with E-state index in [9.17, 15) is 8.42 Å². The summed E-state index contributed by atoms with van der Waals surface area (Å²) >= 11 is 1.77. The standard InChI is InChI=1S/C11H16N2O2S2/c12-17(14,15)13-7-6-10(8-13)9-16-11-4-2-1-3-5-11/h1-5,10H,6-9H2,(H2,12,14,15)/t10-/m0/s1. The monoisotopic (exact) mass is 272 g/mol. The van der Waals surface area contributed by atoms with E-state index in [4.69, 9.17) is 5.14 Å². The molecule has 0 spiro atoms. The van der Waals surface area contributed by atoms with Crippen molar-refractivity contribution < 1.29 is 8.42 Å². The summed E-state index contributed by atoms with van der Waals surface area (Å²) in [5.41, 5.74) is 0. The Hall–Kier alpha value is -0.560. The molecule has 1 aliphatic heterocycles. The number of hydrogen-bond acceptors (Lipinski definition) is 3. The van der Waals surface area contributed by atoms with Crippen LogP contribution in [0.1, 0.15) is 6.42 Å². The van der Waals surface area contributed by atoms with E-state index in [1.54, 1.807) is 11.8 Å². The van der Waals surface area contributed by atoms with Crippen molar-refractivity contribution in [3.63, 3.8) is 0 Å². The van der Waals surface area contributed by atoms with Crippen LogP contribution in [0.3, 0.4) is 0 Å². The van der Waals surface area contributed by atoms with E-state index in [1.807, 2.05) is 18.2 Å². The summed E-state index contributed by atoms with van der Waals surface area (Å²) in [6.45, 7) is 1.11. The van der Waals surface area contributed by atoms with Crippen molar-refractivity contribution in [3.8, 4) is 0 Å². The van der Waals surface area contributed by atoms with Gasteiger partial charge in [0.1, 0.15) is 0 Å². The van der Waals surface area contributed by atoms with Crippen molar-refractivity contribution in [2.24, 2.45) is 11.1 Å². The van der Waals surface area contributed by atoms with E-state index in [-0.39, 0.29) is 0 Å². The molecule has 6 heteroatoms. The summed E-state index contributed by atoms with van der Waals surface area (Å²) < 4.78 is 23.7. The number of rotatable bonds is 4. The van der Waals surface area contributed by atoms with Gasteiger partial charge in [0.15, 0.2) is 0 Å². The minimum Gasteiger partial charge on any atom is -0.216 e. The van der Waals surface area contributed by atoms with Gasteiger partial charge in [0.2, 0.25) is 0 Å². The van der Waals surface area contributed by atoms with Crippen LogP contribution in [0.15, 0.2) is 35.2 Å². The van der Waals surface area contributed by atoms with Gasteiger partial charge in [-0.15, -0.1) is 11.8 Å². The SMILES string of the molecule is NS(=O)(=O)N1CC[C@H](CSc2ccccc2)C1. The van der Waals surface area contributed by atoms with Gasteiger partial charge in [0.25, 0.3) is 10.2 Å². The van der Waals surface area contributed by atoms with Crippen molar-refractivity contribution in [2.45, 2.75) is 11.3 Å². The van der Waals surface area contributed by atoms with Gasteiger partial charge in [-0.1, -0.05) is 18.2 Å². The van der Waals surface area contributed by atoms with Gasteiger partial charge in [-0.3, -0.25) is 0 Å². The molecule has 1 atom stereocenters. The van der Waals surface area contributed by atoms with E-state index >= 15 is 0 Å². The number of benzene rings is 1. The van der Waals surface area contributed by atoms with Crippen LogP contribution in [0.25, 0.3) is 0 Å². The van der Waals surface area contributed by atoms with Crippen LogP contribution in [0.5, 0.6) is 0 Å². The predicted molar refractivity (Wildman–Crippen MR) is 70.0 cm³/mol. The fourth-order valence-electron chi connectivity index (χ4n) is 1.90. The number of nitrogens with two attached hydrogens (primary N) is 1. The van der Waals surface area contributed by atoms with Crippen molar-refractivity contribution in [3.05, 3.63) is 30.3 Å². The highest BCUT2D eigenvalue weighted by Crippen LogP contribution is 2.26. The molecule has 0 aliphatic carbocycles. The van der Waals surface area contributed by atoms with Crippen LogP contribution < -0.4 is 5.14 Å². The normalized spacial score (nSPS) is 21.8. The van der Waals surface area contributed by atoms with Crippen molar-refractivity contribution in [2.75, 3.05) is 18.8 Å². The Bertz CT molecular complexity index is 462. The fraction of sp³-hybridized carbons (Fsp3) is 0.455. The lowest BCUT2D eigenvalue weighted by atomic mass is 10.2. The van der Waals surface area contributed by atoms with Crippen LogP contribution >= 0.6 is 11.8 Å². The Morgan fingerprint density at radius 1 is 1.35 bits per heavy atom. The first-order chi connectivity index (χ1) is 8.05. The topological polar surface area (TPSA) is 63.4 Å². The molecule has 0 bridgehead atoms. The molecule has 1 heterocycles. The molecule has 0 radical (unpaired) electrons. The third kappa shape index (κ3) is 3.70. The van der Waals surface area contributed by atoms with E-state index in [0.717, 1.165) is 12.2 Å². The lowest BCUT2D eigenvalue weighted by Gasteiger charge is -2.12. The maximum Gasteiger partial charge on any atom is 0.276 e. The third-order valence-corrected chi connectivity index (χ3v) is 5.13. The Kier molecular flexibility index (Phi) is 4.09. The Labute approximate surface area is 106 Å². The zero-order valence-electron chi connectivity index (χ0n) is 9.45. The van der Waals surface area contributed by atoms with Gasteiger partial charge in [-0.05, 0) is 24.5 Å². The summed E-state index contributed by atoms with van der Waals surface area (Å²) in [5.74, 6) is 1.34. The Morgan fingerprint density at radius 2 is 2.06 bits per heavy atom. The molecule has 1 saturated heterocycles.